The molecule has 4 aliphatic rings. The minimum atomic E-state index is -0.0627. The summed E-state index contributed by atoms with van der Waals surface area (Å²) in [5, 5.41) is 11.6. The van der Waals surface area contributed by atoms with Crippen molar-refractivity contribution in [1.82, 2.24) is 10.6 Å². The number of Topliss-reactive ketones (excluding diaryl/α,β-unsaturated/α-hetero) is 1. The molecular weight excluding hydrogens is 350 g/mol. The summed E-state index contributed by atoms with van der Waals surface area (Å²) in [6.07, 6.45) is 9.80. The molecule has 1 unspecified atom stereocenters. The number of fused-ring (bicyclic) bond motifs is 5. The van der Waals surface area contributed by atoms with Crippen molar-refractivity contribution < 1.29 is 9.63 Å². The zero-order chi connectivity index (χ0) is 19.8. The average molecular weight is 390 g/mol. The lowest BCUT2D eigenvalue weighted by molar-refractivity contribution is -0.130. The largest absolute Gasteiger partial charge is 0.396 e. The Morgan fingerprint density at radius 3 is 2.86 bits per heavy atom. The van der Waals surface area contributed by atoms with Crippen LogP contribution in [0.5, 0.6) is 0 Å². The first-order valence-electron chi connectivity index (χ1n) is 11.6. The molecule has 0 aromatic rings. The summed E-state index contributed by atoms with van der Waals surface area (Å²) < 4.78 is 0. The van der Waals surface area contributed by atoms with E-state index in [0.29, 0.717) is 41.6 Å². The molecule has 3 saturated carbocycles. The van der Waals surface area contributed by atoms with Gasteiger partial charge in [-0.25, -0.2) is 0 Å². The summed E-state index contributed by atoms with van der Waals surface area (Å²) >= 11 is 0. The Hall–Kier alpha value is -0.940. The Bertz CT molecular complexity index is 621. The van der Waals surface area contributed by atoms with Gasteiger partial charge < -0.3 is 15.5 Å². The summed E-state index contributed by atoms with van der Waals surface area (Å²) in [5.74, 6) is 2.45. The van der Waals surface area contributed by atoms with Gasteiger partial charge in [-0.15, -0.1) is 0 Å². The molecule has 5 nitrogen and oxygen atoms in total. The van der Waals surface area contributed by atoms with Crippen molar-refractivity contribution in [2.75, 3.05) is 26.7 Å². The van der Waals surface area contributed by atoms with Gasteiger partial charge in [-0.3, -0.25) is 4.79 Å². The van der Waals surface area contributed by atoms with Crippen LogP contribution in [-0.4, -0.2) is 44.3 Å². The minimum Gasteiger partial charge on any atom is -0.396 e. The van der Waals surface area contributed by atoms with Crippen molar-refractivity contribution in [1.29, 1.82) is 0 Å². The molecule has 0 aromatic carbocycles. The van der Waals surface area contributed by atoms with E-state index in [1.54, 1.807) is 0 Å². The van der Waals surface area contributed by atoms with Crippen LogP contribution in [0.25, 0.3) is 0 Å². The number of oxime groups is 1. The van der Waals surface area contributed by atoms with Gasteiger partial charge in [0.05, 0.1) is 5.71 Å². The number of ketones is 1. The van der Waals surface area contributed by atoms with Crippen molar-refractivity contribution in [2.45, 2.75) is 77.7 Å². The minimum absolute atomic E-state index is 0.0627. The van der Waals surface area contributed by atoms with E-state index >= 15 is 0 Å². The van der Waals surface area contributed by atoms with Gasteiger partial charge in [-0.05, 0) is 94.7 Å². The van der Waals surface area contributed by atoms with Gasteiger partial charge >= 0.3 is 0 Å². The number of hydrogen-bond donors (Lipinski definition) is 2. The first kappa shape index (κ1) is 20.3. The summed E-state index contributed by atoms with van der Waals surface area (Å²) in [5.41, 5.74) is 1.57. The van der Waals surface area contributed by atoms with E-state index in [1.807, 2.05) is 7.05 Å². The van der Waals surface area contributed by atoms with E-state index in [9.17, 15) is 4.79 Å². The number of carbonyl (C=O) groups is 1. The molecule has 0 aromatic heterocycles. The lowest BCUT2D eigenvalue weighted by Gasteiger charge is -2.54. The summed E-state index contributed by atoms with van der Waals surface area (Å²) in [7, 11) is 1.97. The monoisotopic (exact) mass is 389 g/mol. The van der Waals surface area contributed by atoms with Gasteiger partial charge in [0.25, 0.3) is 0 Å². The predicted octanol–water partition coefficient (Wildman–Crippen LogP) is 3.53. The first-order chi connectivity index (χ1) is 13.5. The summed E-state index contributed by atoms with van der Waals surface area (Å²) in [4.78, 5) is 18.2. The number of hydrogen-bond acceptors (Lipinski definition) is 5. The Balaban J connectivity index is 1.46. The number of rotatable bonds is 5. The van der Waals surface area contributed by atoms with Crippen LogP contribution in [0.4, 0.5) is 0 Å². The maximum atomic E-state index is 12.6. The van der Waals surface area contributed by atoms with E-state index in [2.05, 4.69) is 29.6 Å². The zero-order valence-corrected chi connectivity index (χ0v) is 18.1. The average Bonchev–Trinajstić information content (AvgIpc) is 2.90. The molecule has 1 aliphatic heterocycles. The highest BCUT2D eigenvalue weighted by molar-refractivity contribution is 5.87. The van der Waals surface area contributed by atoms with Gasteiger partial charge in [0.15, 0.2) is 0 Å². The van der Waals surface area contributed by atoms with Crippen LogP contribution in [0.1, 0.15) is 71.6 Å². The third kappa shape index (κ3) is 3.43. The van der Waals surface area contributed by atoms with Crippen LogP contribution < -0.4 is 10.6 Å². The van der Waals surface area contributed by atoms with E-state index < -0.39 is 0 Å². The van der Waals surface area contributed by atoms with Gasteiger partial charge in [-0.1, -0.05) is 19.0 Å². The number of nitrogens with zero attached hydrogens (tertiary/aromatic N) is 1. The molecule has 1 heterocycles. The molecule has 4 fully saturated rings. The Morgan fingerprint density at radius 1 is 1.18 bits per heavy atom. The number of nitrogens with one attached hydrogen (secondary N) is 2. The van der Waals surface area contributed by atoms with E-state index in [-0.39, 0.29) is 5.41 Å². The smallest absolute Gasteiger partial charge is 0.139 e. The Morgan fingerprint density at radius 2 is 2.04 bits per heavy atom. The molecule has 158 valence electrons. The molecule has 6 atom stereocenters. The molecular formula is C23H39N3O2. The van der Waals surface area contributed by atoms with Gasteiger partial charge in [0.1, 0.15) is 12.4 Å². The van der Waals surface area contributed by atoms with Gasteiger partial charge in [0, 0.05) is 17.9 Å². The molecule has 5 heteroatoms. The molecule has 0 bridgehead atoms. The van der Waals surface area contributed by atoms with Crippen LogP contribution in [0.3, 0.4) is 0 Å². The Labute approximate surface area is 170 Å². The molecule has 0 amide bonds. The van der Waals surface area contributed by atoms with Gasteiger partial charge in [0.2, 0.25) is 0 Å². The summed E-state index contributed by atoms with van der Waals surface area (Å²) in [6.45, 7) is 7.56. The van der Waals surface area contributed by atoms with E-state index in [1.165, 1.54) is 25.0 Å². The third-order valence-electron chi connectivity index (χ3n) is 8.92. The standard InChI is InChI=1S/C23H39N3O2/c1-22-10-7-17(26-28-14-4-12-24-3)15-16(22)9-13-25-21-18-5-6-20(27)23(18,2)11-8-19(21)22/h16,18-19,21,24-25H,4-15H2,1-3H3/b26-17-/t16?,18-,19-,21-,22-,23-/m0/s1. The molecule has 3 aliphatic carbocycles. The van der Waals surface area contributed by atoms with Crippen LogP contribution in [0, 0.1) is 28.6 Å². The quantitative estimate of drug-likeness (QED) is 0.558. The molecule has 0 radical (unpaired) electrons. The lowest BCUT2D eigenvalue weighted by Crippen LogP contribution is -2.56. The fourth-order valence-corrected chi connectivity index (χ4v) is 7.05. The number of carbonyl (C=O) groups excluding carboxylic acids is 1. The second kappa shape index (κ2) is 8.06. The maximum absolute atomic E-state index is 12.6. The summed E-state index contributed by atoms with van der Waals surface area (Å²) in [6, 6.07) is 0.525. The highest BCUT2D eigenvalue weighted by Crippen LogP contribution is 2.59. The zero-order valence-electron chi connectivity index (χ0n) is 18.1. The van der Waals surface area contributed by atoms with Crippen LogP contribution in [0.2, 0.25) is 0 Å². The van der Waals surface area contributed by atoms with Crippen molar-refractivity contribution in [2.24, 2.45) is 33.7 Å². The fraction of sp³-hybridized carbons (Fsp3) is 0.913. The van der Waals surface area contributed by atoms with Crippen LogP contribution >= 0.6 is 0 Å². The Kier molecular flexibility index (Phi) is 5.85. The van der Waals surface area contributed by atoms with Crippen LogP contribution in [0.15, 0.2) is 5.16 Å². The molecule has 4 rings (SSSR count). The highest BCUT2D eigenvalue weighted by atomic mass is 16.6. The van der Waals surface area contributed by atoms with E-state index in [4.69, 9.17) is 4.84 Å². The van der Waals surface area contributed by atoms with E-state index in [0.717, 1.165) is 51.6 Å². The molecule has 28 heavy (non-hydrogen) atoms. The molecule has 2 N–H and O–H groups in total. The van der Waals surface area contributed by atoms with Gasteiger partial charge in [-0.2, -0.15) is 0 Å². The van der Waals surface area contributed by atoms with Crippen LogP contribution in [-0.2, 0) is 9.63 Å². The van der Waals surface area contributed by atoms with Crippen molar-refractivity contribution in [3.05, 3.63) is 0 Å². The normalized spacial score (nSPS) is 44.5. The topological polar surface area (TPSA) is 62.7 Å². The highest BCUT2D eigenvalue weighted by Gasteiger charge is 2.59. The first-order valence-corrected chi connectivity index (χ1v) is 11.6. The van der Waals surface area contributed by atoms with Crippen molar-refractivity contribution in [3.8, 4) is 0 Å². The predicted molar refractivity (Wildman–Crippen MR) is 112 cm³/mol. The lowest BCUT2D eigenvalue weighted by atomic mass is 9.52. The second-order valence-corrected chi connectivity index (χ2v) is 10.3. The van der Waals surface area contributed by atoms with Crippen molar-refractivity contribution in [3.63, 3.8) is 0 Å². The molecule has 0 spiro atoms. The van der Waals surface area contributed by atoms with Crippen molar-refractivity contribution >= 4 is 11.5 Å². The fourth-order valence-electron chi connectivity index (χ4n) is 7.05. The second-order valence-electron chi connectivity index (χ2n) is 10.3. The molecule has 1 saturated heterocycles. The SMILES string of the molecule is CNCCCO/N=C1/CC[C@@]2(C)C(CCN[C@@H]3[C@@H]2CC[C@]2(C)C(=O)CC[C@@H]32)C1. The maximum Gasteiger partial charge on any atom is 0.139 e. The third-order valence-corrected chi connectivity index (χ3v) is 8.92.